The van der Waals surface area contributed by atoms with Crippen LogP contribution in [0.25, 0.3) is 0 Å². The Balaban J connectivity index is 1.84. The molecule has 0 unspecified atom stereocenters. The van der Waals surface area contributed by atoms with Crippen LogP contribution >= 0.6 is 0 Å². The van der Waals surface area contributed by atoms with E-state index in [4.69, 9.17) is 4.74 Å². The van der Waals surface area contributed by atoms with E-state index in [0.29, 0.717) is 18.9 Å². The first kappa shape index (κ1) is 14.4. The number of rotatable bonds is 6. The van der Waals surface area contributed by atoms with E-state index in [0.717, 1.165) is 5.75 Å². The summed E-state index contributed by atoms with van der Waals surface area (Å²) >= 11 is 0. The standard InChI is InChI=1S/C15H20N2O3/c1-11(2)10-13-14(18)17(15(19)16-13)8-9-20-12-6-4-3-5-7-12/h3-7,11,13H,8-10H2,1-2H3,(H,16,19)/t13-/m0/s1. The number of hydrogen-bond acceptors (Lipinski definition) is 3. The van der Waals surface area contributed by atoms with Crippen molar-refractivity contribution >= 4 is 11.9 Å². The second-order valence-electron chi connectivity index (χ2n) is 5.28. The number of amides is 3. The van der Waals surface area contributed by atoms with Gasteiger partial charge in [-0.2, -0.15) is 0 Å². The fourth-order valence-corrected chi connectivity index (χ4v) is 2.19. The van der Waals surface area contributed by atoms with Gasteiger partial charge < -0.3 is 10.1 Å². The van der Waals surface area contributed by atoms with Crippen LogP contribution in [-0.2, 0) is 4.79 Å². The summed E-state index contributed by atoms with van der Waals surface area (Å²) in [5.41, 5.74) is 0. The highest BCUT2D eigenvalue weighted by atomic mass is 16.5. The molecule has 0 spiro atoms. The van der Waals surface area contributed by atoms with E-state index in [1.54, 1.807) is 0 Å². The molecule has 3 amide bonds. The Kier molecular flexibility index (Phi) is 4.61. The Hall–Kier alpha value is -2.04. The Bertz CT molecular complexity index is 473. The molecular weight excluding hydrogens is 256 g/mol. The highest BCUT2D eigenvalue weighted by Crippen LogP contribution is 2.14. The van der Waals surface area contributed by atoms with Crippen LogP contribution in [0.5, 0.6) is 5.75 Å². The van der Waals surface area contributed by atoms with Gasteiger partial charge in [0.15, 0.2) is 0 Å². The molecule has 0 radical (unpaired) electrons. The summed E-state index contributed by atoms with van der Waals surface area (Å²) in [5.74, 6) is 0.948. The molecule has 1 aromatic rings. The lowest BCUT2D eigenvalue weighted by Gasteiger charge is -2.14. The molecule has 0 aromatic heterocycles. The minimum absolute atomic E-state index is 0.152. The van der Waals surface area contributed by atoms with Crippen molar-refractivity contribution in [3.05, 3.63) is 30.3 Å². The number of para-hydroxylation sites is 1. The zero-order chi connectivity index (χ0) is 14.5. The lowest BCUT2D eigenvalue weighted by molar-refractivity contribution is -0.128. The Labute approximate surface area is 118 Å². The molecule has 108 valence electrons. The molecular formula is C15H20N2O3. The maximum Gasteiger partial charge on any atom is 0.324 e. The fourth-order valence-electron chi connectivity index (χ4n) is 2.19. The summed E-state index contributed by atoms with van der Waals surface area (Å²) in [6, 6.07) is 8.63. The van der Waals surface area contributed by atoms with Crippen LogP contribution in [0.2, 0.25) is 0 Å². The van der Waals surface area contributed by atoms with Gasteiger partial charge in [0.25, 0.3) is 5.91 Å². The molecule has 5 heteroatoms. The molecule has 1 N–H and O–H groups in total. The van der Waals surface area contributed by atoms with Gasteiger partial charge >= 0.3 is 6.03 Å². The van der Waals surface area contributed by atoms with Crippen molar-refractivity contribution < 1.29 is 14.3 Å². The SMILES string of the molecule is CC(C)C[C@@H]1NC(=O)N(CCOc2ccccc2)C1=O. The highest BCUT2D eigenvalue weighted by Gasteiger charge is 2.37. The molecule has 2 rings (SSSR count). The number of urea groups is 1. The van der Waals surface area contributed by atoms with Gasteiger partial charge in [0.2, 0.25) is 0 Å². The largest absolute Gasteiger partial charge is 0.492 e. The third kappa shape index (κ3) is 3.50. The van der Waals surface area contributed by atoms with E-state index >= 15 is 0 Å². The van der Waals surface area contributed by atoms with E-state index in [1.807, 2.05) is 44.2 Å². The number of carbonyl (C=O) groups excluding carboxylic acids is 2. The molecule has 1 aliphatic rings. The Morgan fingerprint density at radius 3 is 2.60 bits per heavy atom. The van der Waals surface area contributed by atoms with Crippen LogP contribution in [0.15, 0.2) is 30.3 Å². The topological polar surface area (TPSA) is 58.6 Å². The van der Waals surface area contributed by atoms with E-state index in [9.17, 15) is 9.59 Å². The van der Waals surface area contributed by atoms with Crippen molar-refractivity contribution in [2.45, 2.75) is 26.3 Å². The van der Waals surface area contributed by atoms with E-state index in [1.165, 1.54) is 4.90 Å². The number of imide groups is 1. The minimum atomic E-state index is -0.390. The quantitative estimate of drug-likeness (QED) is 0.809. The first-order valence-corrected chi connectivity index (χ1v) is 6.87. The zero-order valence-electron chi connectivity index (χ0n) is 11.8. The van der Waals surface area contributed by atoms with Crippen molar-refractivity contribution in [1.29, 1.82) is 0 Å². The number of ether oxygens (including phenoxy) is 1. The summed E-state index contributed by atoms with van der Waals surface area (Å²) < 4.78 is 5.51. The molecule has 1 atom stereocenters. The average molecular weight is 276 g/mol. The van der Waals surface area contributed by atoms with Gasteiger partial charge in [0, 0.05) is 0 Å². The van der Waals surface area contributed by atoms with Gasteiger partial charge in [0.05, 0.1) is 6.54 Å². The molecule has 1 saturated heterocycles. The van der Waals surface area contributed by atoms with Crippen LogP contribution in [0.3, 0.4) is 0 Å². The van der Waals surface area contributed by atoms with Gasteiger partial charge in [-0.05, 0) is 24.5 Å². The van der Waals surface area contributed by atoms with Crippen LogP contribution in [-0.4, -0.2) is 36.0 Å². The predicted molar refractivity (Wildman–Crippen MR) is 75.4 cm³/mol. The fraction of sp³-hybridized carbons (Fsp3) is 0.467. The molecule has 1 aromatic carbocycles. The summed E-state index contributed by atoms with van der Waals surface area (Å²) in [6.07, 6.45) is 0.667. The number of nitrogens with zero attached hydrogens (tertiary/aromatic N) is 1. The molecule has 1 fully saturated rings. The monoisotopic (exact) mass is 276 g/mol. The number of nitrogens with one attached hydrogen (secondary N) is 1. The van der Waals surface area contributed by atoms with Gasteiger partial charge in [-0.1, -0.05) is 32.0 Å². The van der Waals surface area contributed by atoms with Gasteiger partial charge in [0.1, 0.15) is 18.4 Å². The lowest BCUT2D eigenvalue weighted by Crippen LogP contribution is -2.35. The van der Waals surface area contributed by atoms with Crippen molar-refractivity contribution in [2.24, 2.45) is 5.92 Å². The van der Waals surface area contributed by atoms with E-state index < -0.39 is 0 Å². The molecule has 0 aliphatic carbocycles. The summed E-state index contributed by atoms with van der Waals surface area (Å²) in [5, 5.41) is 2.72. The van der Waals surface area contributed by atoms with E-state index in [2.05, 4.69) is 5.32 Å². The second-order valence-corrected chi connectivity index (χ2v) is 5.28. The first-order valence-electron chi connectivity index (χ1n) is 6.87. The Morgan fingerprint density at radius 1 is 1.25 bits per heavy atom. The second kappa shape index (κ2) is 6.41. The van der Waals surface area contributed by atoms with Gasteiger partial charge in [-0.25, -0.2) is 4.79 Å². The zero-order valence-corrected chi connectivity index (χ0v) is 11.8. The smallest absolute Gasteiger partial charge is 0.324 e. The van der Waals surface area contributed by atoms with Crippen LogP contribution < -0.4 is 10.1 Å². The van der Waals surface area contributed by atoms with Crippen molar-refractivity contribution in [3.63, 3.8) is 0 Å². The lowest BCUT2D eigenvalue weighted by atomic mass is 10.0. The average Bonchev–Trinajstić information content (AvgIpc) is 2.67. The number of hydrogen-bond donors (Lipinski definition) is 1. The van der Waals surface area contributed by atoms with E-state index in [-0.39, 0.29) is 24.5 Å². The van der Waals surface area contributed by atoms with Crippen molar-refractivity contribution in [3.8, 4) is 5.75 Å². The maximum absolute atomic E-state index is 12.1. The summed E-state index contributed by atoms with van der Waals surface area (Å²) in [7, 11) is 0. The van der Waals surface area contributed by atoms with Gasteiger partial charge in [-0.3, -0.25) is 9.69 Å². The maximum atomic E-state index is 12.1. The van der Waals surface area contributed by atoms with Crippen molar-refractivity contribution in [2.75, 3.05) is 13.2 Å². The van der Waals surface area contributed by atoms with Crippen molar-refractivity contribution in [1.82, 2.24) is 10.2 Å². The summed E-state index contributed by atoms with van der Waals surface area (Å²) in [4.78, 5) is 25.1. The van der Waals surface area contributed by atoms with Crippen LogP contribution in [0, 0.1) is 5.92 Å². The van der Waals surface area contributed by atoms with Crippen LogP contribution in [0.1, 0.15) is 20.3 Å². The normalized spacial score (nSPS) is 18.6. The molecule has 20 heavy (non-hydrogen) atoms. The van der Waals surface area contributed by atoms with Gasteiger partial charge in [-0.15, -0.1) is 0 Å². The highest BCUT2D eigenvalue weighted by molar-refractivity contribution is 6.04. The summed E-state index contributed by atoms with van der Waals surface area (Å²) in [6.45, 7) is 4.63. The first-order chi connectivity index (χ1) is 9.58. The van der Waals surface area contributed by atoms with Crippen LogP contribution in [0.4, 0.5) is 4.79 Å². The molecule has 1 heterocycles. The Morgan fingerprint density at radius 2 is 1.95 bits per heavy atom. The predicted octanol–water partition coefficient (Wildman–Crippen LogP) is 2.03. The molecule has 1 aliphatic heterocycles. The minimum Gasteiger partial charge on any atom is -0.492 e. The molecule has 0 saturated carbocycles. The number of benzene rings is 1. The molecule has 0 bridgehead atoms. The number of carbonyl (C=O) groups is 2. The third-order valence-corrected chi connectivity index (χ3v) is 3.14. The molecule has 5 nitrogen and oxygen atoms in total. The third-order valence-electron chi connectivity index (χ3n) is 3.14.